The summed E-state index contributed by atoms with van der Waals surface area (Å²) in [7, 11) is 1.71. The summed E-state index contributed by atoms with van der Waals surface area (Å²) in [6.45, 7) is 1.91. The van der Waals surface area contributed by atoms with Gasteiger partial charge in [-0.15, -0.1) is 0 Å². The van der Waals surface area contributed by atoms with E-state index in [0.29, 0.717) is 15.8 Å². The second-order valence-electron chi connectivity index (χ2n) is 6.22. The number of nitrogens with two attached hydrogens (primary N) is 1. The highest BCUT2D eigenvalue weighted by molar-refractivity contribution is 8.18. The van der Waals surface area contributed by atoms with E-state index in [2.05, 4.69) is 11.9 Å². The third-order valence-electron chi connectivity index (χ3n) is 4.11. The molecule has 0 saturated carbocycles. The van der Waals surface area contributed by atoms with Crippen LogP contribution in [0, 0.1) is 0 Å². The quantitative estimate of drug-likeness (QED) is 0.760. The minimum Gasteiger partial charge on any atom is -0.484 e. The summed E-state index contributed by atoms with van der Waals surface area (Å²) in [6, 6.07) is 15.1. The molecule has 2 aromatic carbocycles. The van der Waals surface area contributed by atoms with Crippen molar-refractivity contribution in [3.8, 4) is 5.75 Å². The van der Waals surface area contributed by atoms with Crippen LogP contribution in [0.3, 0.4) is 0 Å². The molecule has 1 aliphatic heterocycles. The molecule has 7 heteroatoms. The lowest BCUT2D eigenvalue weighted by molar-refractivity contribution is -0.121. The normalized spacial score (nSPS) is 16.8. The molecule has 0 spiro atoms. The summed E-state index contributed by atoms with van der Waals surface area (Å²) in [5.41, 5.74) is 7.94. The largest absolute Gasteiger partial charge is 0.484 e. The number of benzene rings is 2. The first-order valence-electron chi connectivity index (χ1n) is 8.82. The van der Waals surface area contributed by atoms with Gasteiger partial charge in [-0.25, -0.2) is 4.99 Å². The fraction of sp³-hybridized carbons (Fsp3) is 0.190. The lowest BCUT2D eigenvalue weighted by Crippen LogP contribution is -2.23. The van der Waals surface area contributed by atoms with E-state index in [0.717, 1.165) is 17.7 Å². The molecule has 0 unspecified atom stereocenters. The van der Waals surface area contributed by atoms with Crippen LogP contribution in [0.1, 0.15) is 18.1 Å². The minimum absolute atomic E-state index is 0.114. The molecule has 28 heavy (non-hydrogen) atoms. The smallest absolute Gasteiger partial charge is 0.266 e. The number of likely N-dealkylation sites (N-methyl/N-ethyl adjacent to an activating group) is 1. The Bertz CT molecular complexity index is 952. The number of amides is 2. The molecule has 0 atom stereocenters. The van der Waals surface area contributed by atoms with E-state index in [9.17, 15) is 9.59 Å². The van der Waals surface area contributed by atoms with E-state index in [4.69, 9.17) is 10.5 Å². The molecule has 0 radical (unpaired) electrons. The highest BCUT2D eigenvalue weighted by atomic mass is 32.2. The van der Waals surface area contributed by atoms with E-state index >= 15 is 0 Å². The number of primary amides is 1. The molecule has 2 N–H and O–H groups in total. The summed E-state index contributed by atoms with van der Waals surface area (Å²) < 4.78 is 5.31. The first-order chi connectivity index (χ1) is 13.5. The van der Waals surface area contributed by atoms with E-state index in [-0.39, 0.29) is 12.5 Å². The van der Waals surface area contributed by atoms with Gasteiger partial charge in [0.15, 0.2) is 11.8 Å². The Kier molecular flexibility index (Phi) is 6.16. The second-order valence-corrected chi connectivity index (χ2v) is 7.23. The number of nitrogens with zero attached hydrogens (tertiary/aromatic N) is 2. The number of aliphatic imine (C=N–C) groups is 1. The fourth-order valence-corrected chi connectivity index (χ4v) is 3.56. The molecule has 3 rings (SSSR count). The highest BCUT2D eigenvalue weighted by Crippen LogP contribution is 2.33. The predicted octanol–water partition coefficient (Wildman–Crippen LogP) is 3.35. The number of carbonyl (C=O) groups is 2. The van der Waals surface area contributed by atoms with Gasteiger partial charge in [-0.1, -0.05) is 31.2 Å². The molecule has 1 heterocycles. The van der Waals surface area contributed by atoms with Gasteiger partial charge < -0.3 is 10.5 Å². The van der Waals surface area contributed by atoms with Crippen LogP contribution in [0.15, 0.2) is 58.4 Å². The molecule has 1 aliphatic rings. The first-order valence-corrected chi connectivity index (χ1v) is 9.64. The number of ether oxygens (including phenoxy) is 1. The van der Waals surface area contributed by atoms with Crippen LogP contribution in [0.25, 0.3) is 6.08 Å². The van der Waals surface area contributed by atoms with Gasteiger partial charge in [0.1, 0.15) is 5.75 Å². The summed E-state index contributed by atoms with van der Waals surface area (Å²) in [4.78, 5) is 30.1. The van der Waals surface area contributed by atoms with Gasteiger partial charge >= 0.3 is 0 Å². The summed E-state index contributed by atoms with van der Waals surface area (Å²) >= 11 is 1.32. The Labute approximate surface area is 168 Å². The van der Waals surface area contributed by atoms with Gasteiger partial charge in [-0.2, -0.15) is 0 Å². The van der Waals surface area contributed by atoms with Gasteiger partial charge in [0.05, 0.1) is 10.6 Å². The van der Waals surface area contributed by atoms with Gasteiger partial charge in [-0.05, 0) is 59.7 Å². The number of amidine groups is 1. The predicted molar refractivity (Wildman–Crippen MR) is 112 cm³/mol. The maximum atomic E-state index is 12.6. The Morgan fingerprint density at radius 2 is 2.00 bits per heavy atom. The number of hydrogen-bond donors (Lipinski definition) is 1. The van der Waals surface area contributed by atoms with Crippen molar-refractivity contribution in [3.05, 3.63) is 64.6 Å². The van der Waals surface area contributed by atoms with E-state index in [1.165, 1.54) is 22.2 Å². The highest BCUT2D eigenvalue weighted by Gasteiger charge is 2.30. The number of aryl methyl sites for hydroxylation is 1. The molecule has 1 fully saturated rings. The zero-order valence-electron chi connectivity index (χ0n) is 15.7. The van der Waals surface area contributed by atoms with Crippen molar-refractivity contribution < 1.29 is 14.3 Å². The molecule has 0 aliphatic carbocycles. The van der Waals surface area contributed by atoms with E-state index in [1.807, 2.05) is 30.3 Å². The lowest BCUT2D eigenvalue weighted by Gasteiger charge is -2.07. The Balaban J connectivity index is 1.79. The van der Waals surface area contributed by atoms with Crippen LogP contribution < -0.4 is 10.5 Å². The van der Waals surface area contributed by atoms with Crippen molar-refractivity contribution in [1.82, 2.24) is 4.90 Å². The monoisotopic (exact) mass is 395 g/mol. The van der Waals surface area contributed by atoms with Gasteiger partial charge in [-0.3, -0.25) is 14.5 Å². The second kappa shape index (κ2) is 8.75. The molecular formula is C21H21N3O3S. The van der Waals surface area contributed by atoms with E-state index < -0.39 is 5.91 Å². The van der Waals surface area contributed by atoms with Crippen LogP contribution >= 0.6 is 11.8 Å². The average molecular weight is 395 g/mol. The standard InChI is InChI=1S/C21H21N3O3S/c1-3-14-7-9-16(10-8-14)23-21-24(2)20(26)18(28-21)12-15-5-4-6-17(11-15)27-13-19(22)25/h4-12H,3,13H2,1-2H3,(H2,22,25)/b18-12+,23-21?. The van der Waals surface area contributed by atoms with Crippen LogP contribution in [0.4, 0.5) is 5.69 Å². The number of hydrogen-bond acceptors (Lipinski definition) is 5. The maximum absolute atomic E-state index is 12.6. The molecule has 1 saturated heterocycles. The minimum atomic E-state index is -0.542. The molecular weight excluding hydrogens is 374 g/mol. The van der Waals surface area contributed by atoms with Gasteiger partial charge in [0.25, 0.3) is 11.8 Å². The van der Waals surface area contributed by atoms with Crippen LogP contribution in [-0.2, 0) is 16.0 Å². The van der Waals surface area contributed by atoms with Crippen molar-refractivity contribution in [1.29, 1.82) is 0 Å². The molecule has 0 aromatic heterocycles. The fourth-order valence-electron chi connectivity index (χ4n) is 2.57. The number of carbonyl (C=O) groups excluding carboxylic acids is 2. The van der Waals surface area contributed by atoms with Gasteiger partial charge in [0, 0.05) is 7.05 Å². The molecule has 144 valence electrons. The molecule has 2 aromatic rings. The topological polar surface area (TPSA) is 85.0 Å². The Morgan fingerprint density at radius 3 is 2.68 bits per heavy atom. The van der Waals surface area contributed by atoms with Crippen molar-refractivity contribution in [2.24, 2.45) is 10.7 Å². The lowest BCUT2D eigenvalue weighted by atomic mass is 10.2. The first kappa shape index (κ1) is 19.7. The van der Waals surface area contributed by atoms with E-state index in [1.54, 1.807) is 31.3 Å². The Hall–Kier alpha value is -3.06. The zero-order chi connectivity index (χ0) is 20.1. The van der Waals surface area contributed by atoms with Crippen molar-refractivity contribution in [2.45, 2.75) is 13.3 Å². The third kappa shape index (κ3) is 4.80. The van der Waals surface area contributed by atoms with Gasteiger partial charge in [0.2, 0.25) is 0 Å². The summed E-state index contributed by atoms with van der Waals surface area (Å²) in [5.74, 6) is -0.140. The molecule has 0 bridgehead atoms. The summed E-state index contributed by atoms with van der Waals surface area (Å²) in [6.07, 6.45) is 2.75. The summed E-state index contributed by atoms with van der Waals surface area (Å²) in [5, 5.41) is 0.627. The van der Waals surface area contributed by atoms with Crippen molar-refractivity contribution in [2.75, 3.05) is 13.7 Å². The van der Waals surface area contributed by atoms with Crippen LogP contribution in [0.2, 0.25) is 0 Å². The number of thioether (sulfide) groups is 1. The Morgan fingerprint density at radius 1 is 1.25 bits per heavy atom. The zero-order valence-corrected chi connectivity index (χ0v) is 16.5. The maximum Gasteiger partial charge on any atom is 0.266 e. The third-order valence-corrected chi connectivity index (χ3v) is 5.17. The molecule has 2 amide bonds. The van der Waals surface area contributed by atoms with Crippen molar-refractivity contribution >= 4 is 40.5 Å². The SMILES string of the molecule is CCc1ccc(N=C2S/C(=C/c3cccc(OCC(N)=O)c3)C(=O)N2C)cc1. The van der Waals surface area contributed by atoms with Crippen molar-refractivity contribution in [3.63, 3.8) is 0 Å². The van der Waals surface area contributed by atoms with Crippen LogP contribution in [-0.4, -0.2) is 35.5 Å². The average Bonchev–Trinajstić information content (AvgIpc) is 2.95. The molecule has 6 nitrogen and oxygen atoms in total. The van der Waals surface area contributed by atoms with Crippen LogP contribution in [0.5, 0.6) is 5.75 Å². The number of rotatable bonds is 6.